The molecule has 1 saturated carbocycles. The highest BCUT2D eigenvalue weighted by molar-refractivity contribution is 6.18. The summed E-state index contributed by atoms with van der Waals surface area (Å²) >= 11 is 5.95. The number of rotatable bonds is 3. The van der Waals surface area contributed by atoms with Crippen LogP contribution in [0.3, 0.4) is 0 Å². The van der Waals surface area contributed by atoms with Gasteiger partial charge >= 0.3 is 0 Å². The Morgan fingerprint density at radius 2 is 1.94 bits per heavy atom. The van der Waals surface area contributed by atoms with E-state index in [0.29, 0.717) is 6.10 Å². The Labute approximate surface area is 116 Å². The average molecular weight is 272 g/mol. The van der Waals surface area contributed by atoms with Crippen LogP contribution < -0.4 is 0 Å². The zero-order valence-electron chi connectivity index (χ0n) is 11.4. The summed E-state index contributed by atoms with van der Waals surface area (Å²) in [5, 5.41) is 0. The average Bonchev–Trinajstić information content (AvgIpc) is 2.99. The van der Waals surface area contributed by atoms with Crippen LogP contribution in [0.15, 0.2) is 0 Å². The third-order valence-electron chi connectivity index (χ3n) is 5.15. The molecule has 2 aliphatic heterocycles. The van der Waals surface area contributed by atoms with Gasteiger partial charge in [-0.25, -0.2) is 0 Å². The van der Waals surface area contributed by atoms with E-state index in [1.54, 1.807) is 0 Å². The molecule has 1 aliphatic carbocycles. The molecule has 2 atom stereocenters. The highest BCUT2D eigenvalue weighted by Crippen LogP contribution is 2.42. The van der Waals surface area contributed by atoms with Crippen LogP contribution in [0, 0.1) is 5.92 Å². The number of hydrogen-bond acceptors (Lipinski definition) is 2. The van der Waals surface area contributed by atoms with Crippen LogP contribution in [0.25, 0.3) is 0 Å². The Kier molecular flexibility index (Phi) is 4.17. The topological polar surface area (TPSA) is 12.5 Å². The van der Waals surface area contributed by atoms with Crippen molar-refractivity contribution in [2.75, 3.05) is 25.5 Å². The normalized spacial score (nSPS) is 36.5. The van der Waals surface area contributed by atoms with Crippen molar-refractivity contribution in [3.63, 3.8) is 0 Å². The van der Waals surface area contributed by atoms with E-state index in [-0.39, 0.29) is 5.60 Å². The number of likely N-dealkylation sites (tertiary alicyclic amines) is 1. The van der Waals surface area contributed by atoms with Gasteiger partial charge in [-0.1, -0.05) is 19.3 Å². The molecule has 2 saturated heterocycles. The monoisotopic (exact) mass is 271 g/mol. The molecule has 2 unspecified atom stereocenters. The molecular formula is C15H26ClNO. The van der Waals surface area contributed by atoms with Crippen molar-refractivity contribution in [2.24, 2.45) is 5.92 Å². The van der Waals surface area contributed by atoms with Gasteiger partial charge in [0.25, 0.3) is 0 Å². The van der Waals surface area contributed by atoms with Gasteiger partial charge in [0.15, 0.2) is 0 Å². The Hall–Kier alpha value is 0.210. The summed E-state index contributed by atoms with van der Waals surface area (Å²) in [6, 6.07) is 0. The number of ether oxygens (including phenoxy) is 1. The summed E-state index contributed by atoms with van der Waals surface area (Å²) in [4.78, 5) is 2.57. The molecule has 0 radical (unpaired) electrons. The third kappa shape index (κ3) is 2.86. The Morgan fingerprint density at radius 1 is 1.11 bits per heavy atom. The first-order valence-corrected chi connectivity index (χ1v) is 8.29. The molecular weight excluding hydrogens is 246 g/mol. The maximum Gasteiger partial charge on any atom is 0.0710 e. The summed E-state index contributed by atoms with van der Waals surface area (Å²) < 4.78 is 6.45. The van der Waals surface area contributed by atoms with Gasteiger partial charge in [-0.05, 0) is 44.6 Å². The zero-order chi connectivity index (χ0) is 12.4. The predicted molar refractivity (Wildman–Crippen MR) is 75.2 cm³/mol. The van der Waals surface area contributed by atoms with Crippen molar-refractivity contribution in [1.29, 1.82) is 0 Å². The van der Waals surface area contributed by atoms with Crippen molar-refractivity contribution in [1.82, 2.24) is 4.90 Å². The van der Waals surface area contributed by atoms with Gasteiger partial charge in [0, 0.05) is 19.0 Å². The van der Waals surface area contributed by atoms with Gasteiger partial charge in [-0.2, -0.15) is 0 Å². The number of halogens is 1. The highest BCUT2D eigenvalue weighted by atomic mass is 35.5. The SMILES string of the molecule is ClCC1CCN(CC2CCC3(CCCCC3)O2)C1. The van der Waals surface area contributed by atoms with Crippen LogP contribution in [-0.2, 0) is 4.74 Å². The van der Waals surface area contributed by atoms with E-state index in [2.05, 4.69) is 4.90 Å². The lowest BCUT2D eigenvalue weighted by Crippen LogP contribution is -2.35. The quantitative estimate of drug-likeness (QED) is 0.729. The van der Waals surface area contributed by atoms with E-state index in [1.165, 1.54) is 64.5 Å². The van der Waals surface area contributed by atoms with E-state index < -0.39 is 0 Å². The first-order valence-electron chi connectivity index (χ1n) is 7.76. The van der Waals surface area contributed by atoms with Crippen LogP contribution in [0.5, 0.6) is 0 Å². The lowest BCUT2D eigenvalue weighted by molar-refractivity contribution is -0.0705. The Bertz CT molecular complexity index is 278. The maximum absolute atomic E-state index is 6.45. The molecule has 0 aromatic rings. The number of alkyl halides is 1. The van der Waals surface area contributed by atoms with Crippen LogP contribution in [0.2, 0.25) is 0 Å². The van der Waals surface area contributed by atoms with Crippen molar-refractivity contribution in [3.8, 4) is 0 Å². The minimum absolute atomic E-state index is 0.286. The second-order valence-corrected chi connectivity index (χ2v) is 6.90. The van der Waals surface area contributed by atoms with E-state index in [4.69, 9.17) is 16.3 Å². The molecule has 1 spiro atoms. The minimum atomic E-state index is 0.286. The van der Waals surface area contributed by atoms with Crippen LogP contribution in [0.4, 0.5) is 0 Å². The molecule has 3 heteroatoms. The predicted octanol–water partition coefficient (Wildman–Crippen LogP) is 3.43. The van der Waals surface area contributed by atoms with Gasteiger partial charge in [0.05, 0.1) is 11.7 Å². The summed E-state index contributed by atoms with van der Waals surface area (Å²) in [5.41, 5.74) is 0.286. The summed E-state index contributed by atoms with van der Waals surface area (Å²) in [5.74, 6) is 1.54. The van der Waals surface area contributed by atoms with E-state index in [9.17, 15) is 0 Å². The first-order chi connectivity index (χ1) is 8.80. The molecule has 0 aromatic heterocycles. The van der Waals surface area contributed by atoms with Crippen molar-refractivity contribution >= 4 is 11.6 Å². The zero-order valence-corrected chi connectivity index (χ0v) is 12.1. The largest absolute Gasteiger partial charge is 0.370 e. The molecule has 2 nitrogen and oxygen atoms in total. The molecule has 0 N–H and O–H groups in total. The smallest absolute Gasteiger partial charge is 0.0710 e. The van der Waals surface area contributed by atoms with Gasteiger partial charge in [-0.3, -0.25) is 0 Å². The molecule has 2 heterocycles. The van der Waals surface area contributed by atoms with E-state index in [1.807, 2.05) is 0 Å². The molecule has 18 heavy (non-hydrogen) atoms. The lowest BCUT2D eigenvalue weighted by atomic mass is 9.83. The van der Waals surface area contributed by atoms with Gasteiger partial charge in [-0.15, -0.1) is 11.6 Å². The van der Waals surface area contributed by atoms with Crippen LogP contribution in [0.1, 0.15) is 51.4 Å². The third-order valence-corrected chi connectivity index (χ3v) is 5.59. The lowest BCUT2D eigenvalue weighted by Gasteiger charge is -2.34. The summed E-state index contributed by atoms with van der Waals surface area (Å²) in [7, 11) is 0. The maximum atomic E-state index is 6.45. The molecule has 0 amide bonds. The Morgan fingerprint density at radius 3 is 2.67 bits per heavy atom. The fourth-order valence-corrected chi connectivity index (χ4v) is 4.33. The number of hydrogen-bond donors (Lipinski definition) is 0. The van der Waals surface area contributed by atoms with Crippen LogP contribution >= 0.6 is 11.6 Å². The fourth-order valence-electron chi connectivity index (χ4n) is 4.08. The molecule has 3 rings (SSSR count). The van der Waals surface area contributed by atoms with Gasteiger partial charge in [0.1, 0.15) is 0 Å². The van der Waals surface area contributed by atoms with Gasteiger partial charge < -0.3 is 9.64 Å². The summed E-state index contributed by atoms with van der Waals surface area (Å²) in [6.07, 6.45) is 11.2. The van der Waals surface area contributed by atoms with E-state index in [0.717, 1.165) is 18.3 Å². The molecule has 0 bridgehead atoms. The Balaban J connectivity index is 1.47. The second kappa shape index (κ2) is 5.68. The molecule has 104 valence electrons. The standard InChI is InChI=1S/C15H26ClNO/c16-10-13-5-9-17(11-13)12-14-4-8-15(18-14)6-2-1-3-7-15/h13-14H,1-12H2. The fraction of sp³-hybridized carbons (Fsp3) is 1.00. The van der Waals surface area contributed by atoms with Crippen molar-refractivity contribution in [3.05, 3.63) is 0 Å². The van der Waals surface area contributed by atoms with E-state index >= 15 is 0 Å². The highest BCUT2D eigenvalue weighted by Gasteiger charge is 2.41. The second-order valence-electron chi connectivity index (χ2n) is 6.59. The molecule has 3 fully saturated rings. The minimum Gasteiger partial charge on any atom is -0.370 e. The summed E-state index contributed by atoms with van der Waals surface area (Å²) in [6.45, 7) is 3.57. The number of nitrogens with zero attached hydrogens (tertiary/aromatic N) is 1. The van der Waals surface area contributed by atoms with Crippen molar-refractivity contribution < 1.29 is 4.74 Å². The van der Waals surface area contributed by atoms with Crippen molar-refractivity contribution in [2.45, 2.75) is 63.1 Å². The van der Waals surface area contributed by atoms with Crippen LogP contribution in [-0.4, -0.2) is 42.1 Å². The van der Waals surface area contributed by atoms with Gasteiger partial charge in [0.2, 0.25) is 0 Å². The molecule has 0 aromatic carbocycles. The first kappa shape index (κ1) is 13.2. The molecule has 3 aliphatic rings.